The second-order valence-electron chi connectivity index (χ2n) is 5.80. The van der Waals surface area contributed by atoms with E-state index in [1.54, 1.807) is 25.1 Å². The van der Waals surface area contributed by atoms with Crippen LogP contribution in [0.5, 0.6) is 11.5 Å². The Morgan fingerprint density at radius 2 is 1.93 bits per heavy atom. The fourth-order valence-corrected chi connectivity index (χ4v) is 2.80. The molecule has 1 N–H and O–H groups in total. The van der Waals surface area contributed by atoms with Crippen molar-refractivity contribution in [3.8, 4) is 11.5 Å². The van der Waals surface area contributed by atoms with Crippen LogP contribution in [-0.2, 0) is 9.53 Å². The molecule has 0 heterocycles. The average Bonchev–Trinajstić information content (AvgIpc) is 2.70. The summed E-state index contributed by atoms with van der Waals surface area (Å²) >= 11 is 5.95. The second kappa shape index (κ2) is 9.75. The number of aldehydes is 1. The van der Waals surface area contributed by atoms with Crippen LogP contribution in [-0.4, -0.2) is 39.0 Å². The Labute approximate surface area is 167 Å². The van der Waals surface area contributed by atoms with Gasteiger partial charge in [-0.15, -0.1) is 0 Å². The minimum atomic E-state index is -0.872. The van der Waals surface area contributed by atoms with Gasteiger partial charge in [0, 0.05) is 10.6 Å². The van der Waals surface area contributed by atoms with E-state index in [0.29, 0.717) is 11.3 Å². The van der Waals surface area contributed by atoms with Crippen LogP contribution in [0.3, 0.4) is 0 Å². The van der Waals surface area contributed by atoms with Crippen molar-refractivity contribution in [3.63, 3.8) is 0 Å². The lowest BCUT2D eigenvalue weighted by Gasteiger charge is -2.16. The molecule has 1 amide bonds. The molecule has 2 aromatic rings. The van der Waals surface area contributed by atoms with Crippen molar-refractivity contribution >= 4 is 29.8 Å². The molecule has 0 spiro atoms. The first-order valence-corrected chi connectivity index (χ1v) is 8.71. The number of hydrogen-bond donors (Lipinski definition) is 1. The molecule has 1 atom stereocenters. The lowest BCUT2D eigenvalue weighted by Crippen LogP contribution is -2.31. The van der Waals surface area contributed by atoms with E-state index in [9.17, 15) is 14.4 Å². The monoisotopic (exact) mass is 405 g/mol. The normalized spacial score (nSPS) is 11.3. The van der Waals surface area contributed by atoms with E-state index < -0.39 is 18.5 Å². The largest absolute Gasteiger partial charge is 0.493 e. The summed E-state index contributed by atoms with van der Waals surface area (Å²) in [6.45, 7) is 1.25. The highest BCUT2D eigenvalue weighted by molar-refractivity contribution is 6.30. The van der Waals surface area contributed by atoms with Crippen LogP contribution < -0.4 is 14.8 Å². The number of amides is 1. The van der Waals surface area contributed by atoms with Gasteiger partial charge in [0.25, 0.3) is 5.91 Å². The maximum atomic E-state index is 12.5. The molecule has 0 fully saturated rings. The zero-order valence-corrected chi connectivity index (χ0v) is 16.4. The van der Waals surface area contributed by atoms with Crippen LogP contribution in [0.15, 0.2) is 36.4 Å². The first-order chi connectivity index (χ1) is 13.4. The molecule has 8 heteroatoms. The number of ether oxygens (including phenoxy) is 3. The number of halogens is 1. The predicted octanol–water partition coefficient (Wildman–Crippen LogP) is 3.20. The van der Waals surface area contributed by atoms with Gasteiger partial charge in [0.15, 0.2) is 24.4 Å². The van der Waals surface area contributed by atoms with E-state index in [0.717, 1.165) is 5.56 Å². The van der Waals surface area contributed by atoms with Gasteiger partial charge >= 0.3 is 5.97 Å². The van der Waals surface area contributed by atoms with Crippen LogP contribution >= 0.6 is 11.6 Å². The van der Waals surface area contributed by atoms with Crippen molar-refractivity contribution in [2.24, 2.45) is 0 Å². The minimum Gasteiger partial charge on any atom is -0.493 e. The zero-order chi connectivity index (χ0) is 20.7. The Balaban J connectivity index is 2.07. The summed E-state index contributed by atoms with van der Waals surface area (Å²) < 4.78 is 15.4. The standard InChI is InChI=1S/C20H20ClNO6/c1-12(13-5-4-6-15(21)9-13)22-17(24)11-28-20(25)18-14(10-23)7-8-16(26-2)19(18)27-3/h4-10,12H,11H2,1-3H3,(H,22,24)/t12-/m1/s1. The SMILES string of the molecule is COc1ccc(C=O)c(C(=O)OCC(=O)N[C@H](C)c2cccc(Cl)c2)c1OC. The number of benzene rings is 2. The molecule has 0 saturated heterocycles. The van der Waals surface area contributed by atoms with Crippen molar-refractivity contribution in [1.29, 1.82) is 0 Å². The molecule has 148 valence electrons. The van der Waals surface area contributed by atoms with Crippen molar-refractivity contribution in [1.82, 2.24) is 5.32 Å². The fraction of sp³-hybridized carbons (Fsp3) is 0.250. The van der Waals surface area contributed by atoms with Gasteiger partial charge < -0.3 is 19.5 Å². The number of nitrogens with one attached hydrogen (secondary N) is 1. The van der Waals surface area contributed by atoms with Crippen molar-refractivity contribution in [3.05, 3.63) is 58.1 Å². The molecule has 0 aliphatic carbocycles. The Bertz CT molecular complexity index is 883. The third kappa shape index (κ3) is 5.01. The molecule has 2 aromatic carbocycles. The summed E-state index contributed by atoms with van der Waals surface area (Å²) in [5.74, 6) is -1.05. The highest BCUT2D eigenvalue weighted by Gasteiger charge is 2.23. The number of esters is 1. The summed E-state index contributed by atoms with van der Waals surface area (Å²) in [6.07, 6.45) is 0.500. The lowest BCUT2D eigenvalue weighted by molar-refractivity contribution is -0.124. The maximum Gasteiger partial charge on any atom is 0.343 e. The van der Waals surface area contributed by atoms with Crippen LogP contribution in [0.2, 0.25) is 5.02 Å². The van der Waals surface area contributed by atoms with Crippen molar-refractivity contribution in [2.75, 3.05) is 20.8 Å². The molecule has 0 aliphatic heterocycles. The average molecular weight is 406 g/mol. The van der Waals surface area contributed by atoms with E-state index in [1.807, 2.05) is 6.07 Å². The highest BCUT2D eigenvalue weighted by atomic mass is 35.5. The lowest BCUT2D eigenvalue weighted by atomic mass is 10.1. The molecule has 0 unspecified atom stereocenters. The molecule has 0 aromatic heterocycles. The van der Waals surface area contributed by atoms with Crippen LogP contribution in [0.4, 0.5) is 0 Å². The van der Waals surface area contributed by atoms with Crippen LogP contribution in [0.1, 0.15) is 39.2 Å². The summed E-state index contributed by atoms with van der Waals surface area (Å²) in [6, 6.07) is 9.63. The fourth-order valence-electron chi connectivity index (χ4n) is 2.60. The Morgan fingerprint density at radius 1 is 1.18 bits per heavy atom. The van der Waals surface area contributed by atoms with Gasteiger partial charge in [-0.1, -0.05) is 23.7 Å². The predicted molar refractivity (Wildman–Crippen MR) is 103 cm³/mol. The number of carbonyl (C=O) groups is 3. The summed E-state index contributed by atoms with van der Waals surface area (Å²) in [5, 5.41) is 3.26. The van der Waals surface area contributed by atoms with Gasteiger partial charge in [-0.25, -0.2) is 4.79 Å². The van der Waals surface area contributed by atoms with E-state index in [2.05, 4.69) is 5.32 Å². The molecule has 0 bridgehead atoms. The third-order valence-corrected chi connectivity index (χ3v) is 4.20. The molecular weight excluding hydrogens is 386 g/mol. The van der Waals surface area contributed by atoms with Crippen LogP contribution in [0, 0.1) is 0 Å². The molecule has 0 aliphatic rings. The van der Waals surface area contributed by atoms with E-state index in [-0.39, 0.29) is 28.7 Å². The van der Waals surface area contributed by atoms with Gasteiger partial charge in [0.2, 0.25) is 0 Å². The van der Waals surface area contributed by atoms with Crippen LogP contribution in [0.25, 0.3) is 0 Å². The maximum absolute atomic E-state index is 12.5. The zero-order valence-electron chi connectivity index (χ0n) is 15.7. The molecule has 7 nitrogen and oxygen atoms in total. The summed E-state index contributed by atoms with van der Waals surface area (Å²) in [4.78, 5) is 35.9. The molecule has 0 radical (unpaired) electrons. The number of rotatable bonds is 8. The number of hydrogen-bond acceptors (Lipinski definition) is 6. The first-order valence-electron chi connectivity index (χ1n) is 8.33. The summed E-state index contributed by atoms with van der Waals surface area (Å²) in [5.41, 5.74) is 0.771. The van der Waals surface area contributed by atoms with Crippen molar-refractivity contribution < 1.29 is 28.6 Å². The Hall–Kier alpha value is -3.06. The van der Waals surface area contributed by atoms with E-state index in [4.69, 9.17) is 25.8 Å². The van der Waals surface area contributed by atoms with Gasteiger partial charge in [-0.05, 0) is 36.8 Å². The van der Waals surface area contributed by atoms with Gasteiger partial charge in [-0.2, -0.15) is 0 Å². The minimum absolute atomic E-state index is 0.0600. The summed E-state index contributed by atoms with van der Waals surface area (Å²) in [7, 11) is 2.74. The number of methoxy groups -OCH3 is 2. The smallest absolute Gasteiger partial charge is 0.343 e. The molecule has 28 heavy (non-hydrogen) atoms. The van der Waals surface area contributed by atoms with E-state index >= 15 is 0 Å². The topological polar surface area (TPSA) is 90.9 Å². The molecule has 0 saturated carbocycles. The Kier molecular flexibility index (Phi) is 7.40. The van der Waals surface area contributed by atoms with Gasteiger partial charge in [-0.3, -0.25) is 9.59 Å². The van der Waals surface area contributed by atoms with Crippen molar-refractivity contribution in [2.45, 2.75) is 13.0 Å². The second-order valence-corrected chi connectivity index (χ2v) is 6.24. The Morgan fingerprint density at radius 3 is 2.54 bits per heavy atom. The molecule has 2 rings (SSSR count). The first kappa shape index (κ1) is 21.2. The van der Waals surface area contributed by atoms with Gasteiger partial charge in [0.1, 0.15) is 5.56 Å². The van der Waals surface area contributed by atoms with Gasteiger partial charge in [0.05, 0.1) is 20.3 Å². The van der Waals surface area contributed by atoms with E-state index in [1.165, 1.54) is 26.4 Å². The molecular formula is C20H20ClNO6. The number of carbonyl (C=O) groups excluding carboxylic acids is 3. The third-order valence-electron chi connectivity index (χ3n) is 3.97. The quantitative estimate of drug-likeness (QED) is 0.535. The highest BCUT2D eigenvalue weighted by Crippen LogP contribution is 2.33.